The van der Waals surface area contributed by atoms with E-state index in [4.69, 9.17) is 0 Å². The van der Waals surface area contributed by atoms with Crippen LogP contribution in [-0.4, -0.2) is 17.9 Å². The van der Waals surface area contributed by atoms with Gasteiger partial charge >= 0.3 is 0 Å². The molecule has 1 aromatic rings. The predicted octanol–water partition coefficient (Wildman–Crippen LogP) is 3.24. The lowest BCUT2D eigenvalue weighted by Crippen LogP contribution is -2.34. The second-order valence-electron chi connectivity index (χ2n) is 4.11. The van der Waals surface area contributed by atoms with Crippen LogP contribution in [0.1, 0.15) is 19.4 Å². The van der Waals surface area contributed by atoms with E-state index in [1.807, 2.05) is 0 Å². The van der Waals surface area contributed by atoms with E-state index in [0.717, 1.165) is 18.3 Å². The SMILES string of the molecule is CC(CBr)C(C)NCCc1ccccc1. The fourth-order valence-corrected chi connectivity index (χ4v) is 1.98. The van der Waals surface area contributed by atoms with E-state index in [1.165, 1.54) is 5.56 Å². The van der Waals surface area contributed by atoms with E-state index >= 15 is 0 Å². The smallest absolute Gasteiger partial charge is 0.00724 e. The van der Waals surface area contributed by atoms with Gasteiger partial charge in [-0.15, -0.1) is 0 Å². The molecule has 0 saturated heterocycles. The lowest BCUT2D eigenvalue weighted by Gasteiger charge is -2.19. The highest BCUT2D eigenvalue weighted by Gasteiger charge is 2.08. The Hall–Kier alpha value is -0.340. The zero-order valence-corrected chi connectivity index (χ0v) is 11.1. The highest BCUT2D eigenvalue weighted by Crippen LogP contribution is 2.06. The molecular formula is C13H20BrN. The first kappa shape index (κ1) is 12.7. The Balaban J connectivity index is 2.22. The summed E-state index contributed by atoms with van der Waals surface area (Å²) in [7, 11) is 0. The number of rotatable bonds is 6. The minimum Gasteiger partial charge on any atom is -0.314 e. The fraction of sp³-hybridized carbons (Fsp3) is 0.538. The Kier molecular flexibility index (Phi) is 5.96. The second kappa shape index (κ2) is 7.02. The first-order valence-corrected chi connectivity index (χ1v) is 6.69. The van der Waals surface area contributed by atoms with Crippen LogP contribution in [-0.2, 0) is 6.42 Å². The molecule has 2 unspecified atom stereocenters. The molecule has 2 heteroatoms. The monoisotopic (exact) mass is 269 g/mol. The summed E-state index contributed by atoms with van der Waals surface area (Å²) in [5.41, 5.74) is 1.41. The van der Waals surface area contributed by atoms with Crippen molar-refractivity contribution in [2.45, 2.75) is 26.3 Å². The molecule has 1 nitrogen and oxygen atoms in total. The maximum absolute atomic E-state index is 3.55. The van der Waals surface area contributed by atoms with Gasteiger partial charge in [0.05, 0.1) is 0 Å². The van der Waals surface area contributed by atoms with Gasteiger partial charge in [-0.3, -0.25) is 0 Å². The summed E-state index contributed by atoms with van der Waals surface area (Å²) in [5.74, 6) is 0.681. The van der Waals surface area contributed by atoms with Crippen molar-refractivity contribution in [3.05, 3.63) is 35.9 Å². The molecule has 84 valence electrons. The third-order valence-corrected chi connectivity index (χ3v) is 3.84. The van der Waals surface area contributed by atoms with Crippen LogP contribution in [0.3, 0.4) is 0 Å². The van der Waals surface area contributed by atoms with Crippen molar-refractivity contribution in [1.82, 2.24) is 5.32 Å². The quantitative estimate of drug-likeness (QED) is 0.782. The Labute approximate surface area is 101 Å². The Morgan fingerprint density at radius 2 is 1.87 bits per heavy atom. The van der Waals surface area contributed by atoms with Gasteiger partial charge in [-0.2, -0.15) is 0 Å². The molecule has 2 atom stereocenters. The van der Waals surface area contributed by atoms with Gasteiger partial charge in [0.25, 0.3) is 0 Å². The third kappa shape index (κ3) is 4.80. The summed E-state index contributed by atoms with van der Waals surface area (Å²) < 4.78 is 0. The van der Waals surface area contributed by atoms with Crippen LogP contribution in [0.2, 0.25) is 0 Å². The van der Waals surface area contributed by atoms with E-state index in [2.05, 4.69) is 65.4 Å². The second-order valence-corrected chi connectivity index (χ2v) is 4.76. The summed E-state index contributed by atoms with van der Waals surface area (Å²) in [6.07, 6.45) is 1.11. The van der Waals surface area contributed by atoms with Gasteiger partial charge in [0.15, 0.2) is 0 Å². The molecule has 15 heavy (non-hydrogen) atoms. The first-order valence-electron chi connectivity index (χ1n) is 5.57. The lowest BCUT2D eigenvalue weighted by molar-refractivity contribution is 0.437. The van der Waals surface area contributed by atoms with Crippen molar-refractivity contribution in [2.75, 3.05) is 11.9 Å². The molecule has 0 aliphatic heterocycles. The molecule has 0 bridgehead atoms. The summed E-state index contributed by atoms with van der Waals surface area (Å²) in [5, 5.41) is 4.61. The Morgan fingerprint density at radius 1 is 1.20 bits per heavy atom. The Bertz CT molecular complexity index is 260. The average molecular weight is 270 g/mol. The van der Waals surface area contributed by atoms with Gasteiger partial charge in [-0.1, -0.05) is 53.2 Å². The molecule has 0 saturated carbocycles. The zero-order valence-electron chi connectivity index (χ0n) is 9.54. The average Bonchev–Trinajstić information content (AvgIpc) is 2.29. The van der Waals surface area contributed by atoms with E-state index in [1.54, 1.807) is 0 Å². The highest BCUT2D eigenvalue weighted by molar-refractivity contribution is 9.09. The van der Waals surface area contributed by atoms with Gasteiger partial charge in [-0.25, -0.2) is 0 Å². The van der Waals surface area contributed by atoms with Crippen LogP contribution < -0.4 is 5.32 Å². The number of alkyl halides is 1. The minimum absolute atomic E-state index is 0.577. The van der Waals surface area contributed by atoms with Gasteiger partial charge in [-0.05, 0) is 31.4 Å². The molecule has 0 spiro atoms. The maximum Gasteiger partial charge on any atom is 0.00724 e. The van der Waals surface area contributed by atoms with Crippen molar-refractivity contribution in [2.24, 2.45) is 5.92 Å². The zero-order chi connectivity index (χ0) is 11.1. The summed E-state index contributed by atoms with van der Waals surface area (Å²) in [6.45, 7) is 5.56. The van der Waals surface area contributed by atoms with Crippen molar-refractivity contribution < 1.29 is 0 Å². The largest absolute Gasteiger partial charge is 0.314 e. The van der Waals surface area contributed by atoms with Crippen LogP contribution in [0.15, 0.2) is 30.3 Å². The maximum atomic E-state index is 3.55. The topological polar surface area (TPSA) is 12.0 Å². The van der Waals surface area contributed by atoms with E-state index in [-0.39, 0.29) is 0 Å². The van der Waals surface area contributed by atoms with Gasteiger partial charge in [0, 0.05) is 11.4 Å². The number of halogens is 1. The predicted molar refractivity (Wildman–Crippen MR) is 70.6 cm³/mol. The molecule has 0 aromatic heterocycles. The molecule has 0 aliphatic carbocycles. The standard InChI is InChI=1S/C13H20BrN/c1-11(10-14)12(2)15-9-8-13-6-4-3-5-7-13/h3-7,11-12,15H,8-10H2,1-2H3. The van der Waals surface area contributed by atoms with Crippen LogP contribution >= 0.6 is 15.9 Å². The van der Waals surface area contributed by atoms with E-state index in [0.29, 0.717) is 12.0 Å². The van der Waals surface area contributed by atoms with Crippen molar-refractivity contribution in [1.29, 1.82) is 0 Å². The molecule has 0 heterocycles. The minimum atomic E-state index is 0.577. The lowest BCUT2D eigenvalue weighted by atomic mass is 10.1. The van der Waals surface area contributed by atoms with Crippen LogP contribution in [0.5, 0.6) is 0 Å². The van der Waals surface area contributed by atoms with E-state index < -0.39 is 0 Å². The third-order valence-electron chi connectivity index (χ3n) is 2.82. The van der Waals surface area contributed by atoms with Crippen molar-refractivity contribution in [3.8, 4) is 0 Å². The summed E-state index contributed by atoms with van der Waals surface area (Å²) >= 11 is 3.51. The van der Waals surface area contributed by atoms with Gasteiger partial charge < -0.3 is 5.32 Å². The van der Waals surface area contributed by atoms with E-state index in [9.17, 15) is 0 Å². The molecule has 0 amide bonds. The highest BCUT2D eigenvalue weighted by atomic mass is 79.9. The molecule has 1 N–H and O–H groups in total. The number of nitrogens with one attached hydrogen (secondary N) is 1. The van der Waals surface area contributed by atoms with Gasteiger partial charge in [0.1, 0.15) is 0 Å². The summed E-state index contributed by atoms with van der Waals surface area (Å²) in [4.78, 5) is 0. The van der Waals surface area contributed by atoms with Crippen LogP contribution in [0.4, 0.5) is 0 Å². The molecular weight excluding hydrogens is 250 g/mol. The van der Waals surface area contributed by atoms with Gasteiger partial charge in [0.2, 0.25) is 0 Å². The molecule has 0 radical (unpaired) electrons. The normalized spacial score (nSPS) is 14.9. The summed E-state index contributed by atoms with van der Waals surface area (Å²) in [6, 6.07) is 11.2. The van der Waals surface area contributed by atoms with Crippen molar-refractivity contribution >= 4 is 15.9 Å². The first-order chi connectivity index (χ1) is 7.24. The molecule has 1 aromatic carbocycles. The van der Waals surface area contributed by atoms with Crippen LogP contribution in [0, 0.1) is 5.92 Å². The fourth-order valence-electron chi connectivity index (χ4n) is 1.42. The Morgan fingerprint density at radius 3 is 2.47 bits per heavy atom. The molecule has 1 rings (SSSR count). The number of benzene rings is 1. The molecule has 0 aliphatic rings. The van der Waals surface area contributed by atoms with Crippen LogP contribution in [0.25, 0.3) is 0 Å². The number of hydrogen-bond donors (Lipinski definition) is 1. The molecule has 0 fully saturated rings. The number of hydrogen-bond acceptors (Lipinski definition) is 1. The van der Waals surface area contributed by atoms with Crippen molar-refractivity contribution in [3.63, 3.8) is 0 Å².